The van der Waals surface area contributed by atoms with Gasteiger partial charge in [-0.05, 0) is 16.5 Å². The first-order chi connectivity index (χ1) is 8.80. The molecule has 3 unspecified atom stereocenters. The van der Waals surface area contributed by atoms with Crippen molar-refractivity contribution in [3.8, 4) is 0 Å². The van der Waals surface area contributed by atoms with Gasteiger partial charge in [0.2, 0.25) is 5.91 Å². The van der Waals surface area contributed by atoms with Gasteiger partial charge in [-0.2, -0.15) is 0 Å². The van der Waals surface area contributed by atoms with Gasteiger partial charge in [0.05, 0.1) is 18.2 Å². The molecule has 4 nitrogen and oxygen atoms in total. The molecule has 4 heteroatoms. The van der Waals surface area contributed by atoms with E-state index >= 15 is 0 Å². The fourth-order valence-corrected chi connectivity index (χ4v) is 2.38. The lowest BCUT2D eigenvalue weighted by Crippen LogP contribution is -2.50. The van der Waals surface area contributed by atoms with Crippen molar-refractivity contribution in [1.29, 1.82) is 0 Å². The highest BCUT2D eigenvalue weighted by atomic mass is 16.3. The third-order valence-corrected chi connectivity index (χ3v) is 3.72. The molecule has 3 atom stereocenters. The number of aliphatic hydroxyl groups is 1. The zero-order valence-corrected chi connectivity index (χ0v) is 11.7. The monoisotopic (exact) mass is 262 g/mol. The zero-order valence-electron chi connectivity index (χ0n) is 11.7. The molecule has 1 aliphatic carbocycles. The maximum absolute atomic E-state index is 12.2. The summed E-state index contributed by atoms with van der Waals surface area (Å²) < 4.78 is 0. The van der Waals surface area contributed by atoms with Gasteiger partial charge in [-0.15, -0.1) is 0 Å². The minimum Gasteiger partial charge on any atom is -0.390 e. The van der Waals surface area contributed by atoms with Crippen molar-refractivity contribution < 1.29 is 9.90 Å². The Hall–Kier alpha value is -1.39. The van der Waals surface area contributed by atoms with Gasteiger partial charge in [-0.1, -0.05) is 45.0 Å². The molecular weight excluding hydrogens is 240 g/mol. The average molecular weight is 262 g/mol. The van der Waals surface area contributed by atoms with Crippen molar-refractivity contribution in [3.63, 3.8) is 0 Å². The van der Waals surface area contributed by atoms with Crippen LogP contribution in [0.5, 0.6) is 0 Å². The third kappa shape index (κ3) is 2.80. The van der Waals surface area contributed by atoms with Crippen molar-refractivity contribution in [2.75, 3.05) is 0 Å². The maximum Gasteiger partial charge on any atom is 0.238 e. The number of hydrogen-bond donors (Lipinski definition) is 3. The quantitative estimate of drug-likeness (QED) is 0.748. The lowest BCUT2D eigenvalue weighted by Gasteiger charge is -2.28. The molecule has 0 fully saturated rings. The third-order valence-electron chi connectivity index (χ3n) is 3.72. The summed E-state index contributed by atoms with van der Waals surface area (Å²) in [5, 5.41) is 13.0. The first-order valence-electron chi connectivity index (χ1n) is 6.62. The van der Waals surface area contributed by atoms with Crippen molar-refractivity contribution in [2.24, 2.45) is 11.1 Å². The molecule has 19 heavy (non-hydrogen) atoms. The summed E-state index contributed by atoms with van der Waals surface area (Å²) in [5.41, 5.74) is 7.72. The van der Waals surface area contributed by atoms with Crippen LogP contribution in [0.25, 0.3) is 0 Å². The highest BCUT2D eigenvalue weighted by Crippen LogP contribution is 2.31. The number of nitrogens with one attached hydrogen (secondary N) is 1. The summed E-state index contributed by atoms with van der Waals surface area (Å²) in [6.07, 6.45) is -0.000172. The summed E-state index contributed by atoms with van der Waals surface area (Å²) in [7, 11) is 0. The van der Waals surface area contributed by atoms with Crippen LogP contribution in [-0.4, -0.2) is 23.2 Å². The van der Waals surface area contributed by atoms with Crippen LogP contribution in [0.3, 0.4) is 0 Å². The average Bonchev–Trinajstić information content (AvgIpc) is 2.64. The van der Waals surface area contributed by atoms with Crippen molar-refractivity contribution in [1.82, 2.24) is 5.32 Å². The Balaban J connectivity index is 2.14. The minimum absolute atomic E-state index is 0.215. The van der Waals surface area contributed by atoms with E-state index in [0.29, 0.717) is 6.42 Å². The topological polar surface area (TPSA) is 75.4 Å². The van der Waals surface area contributed by atoms with Gasteiger partial charge >= 0.3 is 0 Å². The Morgan fingerprint density at radius 1 is 1.42 bits per heavy atom. The molecule has 0 radical (unpaired) electrons. The van der Waals surface area contributed by atoms with E-state index in [9.17, 15) is 9.90 Å². The first-order valence-corrected chi connectivity index (χ1v) is 6.62. The number of fused-ring (bicyclic) bond motifs is 1. The van der Waals surface area contributed by atoms with E-state index in [4.69, 9.17) is 5.73 Å². The number of aliphatic hydroxyl groups excluding tert-OH is 1. The lowest BCUT2D eigenvalue weighted by molar-refractivity contribution is -0.126. The second-order valence-electron chi connectivity index (χ2n) is 6.30. The Kier molecular flexibility index (Phi) is 3.65. The second kappa shape index (κ2) is 4.94. The lowest BCUT2D eigenvalue weighted by atomic mass is 9.86. The molecule has 0 heterocycles. The van der Waals surface area contributed by atoms with Gasteiger partial charge in [-0.25, -0.2) is 0 Å². The first kappa shape index (κ1) is 14.0. The molecule has 1 aromatic rings. The van der Waals surface area contributed by atoms with E-state index in [2.05, 4.69) is 5.32 Å². The molecule has 0 aliphatic heterocycles. The highest BCUT2D eigenvalue weighted by molar-refractivity contribution is 5.83. The predicted octanol–water partition coefficient (Wildman–Crippen LogP) is 1.13. The molecule has 0 bridgehead atoms. The minimum atomic E-state index is -0.590. The number of nitrogens with two attached hydrogens (primary N) is 1. The Morgan fingerprint density at radius 3 is 2.68 bits per heavy atom. The zero-order chi connectivity index (χ0) is 14.2. The normalized spacial score (nSPS) is 23.8. The van der Waals surface area contributed by atoms with E-state index in [1.165, 1.54) is 0 Å². The van der Waals surface area contributed by atoms with Crippen molar-refractivity contribution >= 4 is 5.91 Å². The van der Waals surface area contributed by atoms with Crippen LogP contribution in [-0.2, 0) is 11.2 Å². The van der Waals surface area contributed by atoms with Crippen LogP contribution in [0.2, 0.25) is 0 Å². The Morgan fingerprint density at radius 2 is 2.05 bits per heavy atom. The molecule has 0 saturated carbocycles. The standard InChI is InChI=1S/C15H22N2O2/c1-15(2,3)13(16)14(19)17-12-10-7-5-4-6-9(10)8-11(12)18/h4-7,11-13,18H,8,16H2,1-3H3,(H,17,19). The number of hydrogen-bond acceptors (Lipinski definition) is 3. The fourth-order valence-electron chi connectivity index (χ4n) is 2.38. The summed E-state index contributed by atoms with van der Waals surface area (Å²) >= 11 is 0. The van der Waals surface area contributed by atoms with Gasteiger partial charge in [0.15, 0.2) is 0 Å². The van der Waals surface area contributed by atoms with E-state index in [-0.39, 0.29) is 17.4 Å². The highest BCUT2D eigenvalue weighted by Gasteiger charge is 2.35. The second-order valence-corrected chi connectivity index (χ2v) is 6.30. The molecular formula is C15H22N2O2. The van der Waals surface area contributed by atoms with Crippen LogP contribution in [0, 0.1) is 5.41 Å². The molecule has 0 saturated heterocycles. The number of amides is 1. The van der Waals surface area contributed by atoms with Crippen molar-refractivity contribution in [3.05, 3.63) is 35.4 Å². The molecule has 4 N–H and O–H groups in total. The van der Waals surface area contributed by atoms with E-state index < -0.39 is 12.1 Å². The van der Waals surface area contributed by atoms with Gasteiger partial charge in [0, 0.05) is 6.42 Å². The SMILES string of the molecule is CC(C)(C)C(N)C(=O)NC1c2ccccc2CC1O. The van der Waals surface area contributed by atoms with Gasteiger partial charge in [0.1, 0.15) is 0 Å². The van der Waals surface area contributed by atoms with Crippen LogP contribution >= 0.6 is 0 Å². The number of carbonyl (C=O) groups is 1. The van der Waals surface area contributed by atoms with E-state index in [1.807, 2.05) is 45.0 Å². The van der Waals surface area contributed by atoms with Gasteiger partial charge in [0.25, 0.3) is 0 Å². The summed E-state index contributed by atoms with van der Waals surface area (Å²) in [4.78, 5) is 12.2. The van der Waals surface area contributed by atoms with Crippen LogP contribution in [0.4, 0.5) is 0 Å². The summed E-state index contributed by atoms with van der Waals surface area (Å²) in [6.45, 7) is 5.78. The summed E-state index contributed by atoms with van der Waals surface area (Å²) in [5.74, 6) is -0.215. The molecule has 104 valence electrons. The van der Waals surface area contributed by atoms with Crippen molar-refractivity contribution in [2.45, 2.75) is 45.4 Å². The van der Waals surface area contributed by atoms with Crippen LogP contribution in [0.1, 0.15) is 37.9 Å². The number of rotatable bonds is 2. The molecule has 0 aromatic heterocycles. The molecule has 2 rings (SSSR count). The molecule has 1 aromatic carbocycles. The maximum atomic E-state index is 12.2. The smallest absolute Gasteiger partial charge is 0.238 e. The molecule has 1 aliphatic rings. The number of carbonyl (C=O) groups excluding carboxylic acids is 1. The van der Waals surface area contributed by atoms with E-state index in [0.717, 1.165) is 11.1 Å². The Labute approximate surface area is 114 Å². The van der Waals surface area contributed by atoms with Crippen LogP contribution in [0.15, 0.2) is 24.3 Å². The number of benzene rings is 1. The Bertz CT molecular complexity index is 479. The van der Waals surface area contributed by atoms with Gasteiger partial charge < -0.3 is 16.2 Å². The fraction of sp³-hybridized carbons (Fsp3) is 0.533. The molecule has 1 amide bonds. The summed E-state index contributed by atoms with van der Waals surface area (Å²) in [6, 6.07) is 6.84. The predicted molar refractivity (Wildman–Crippen MR) is 74.5 cm³/mol. The van der Waals surface area contributed by atoms with Gasteiger partial charge in [-0.3, -0.25) is 4.79 Å². The molecule has 0 spiro atoms. The largest absolute Gasteiger partial charge is 0.390 e. The van der Waals surface area contributed by atoms with Crippen LogP contribution < -0.4 is 11.1 Å². The van der Waals surface area contributed by atoms with E-state index in [1.54, 1.807) is 0 Å².